The van der Waals surface area contributed by atoms with Crippen LogP contribution in [0.5, 0.6) is 0 Å². The third-order valence-electron chi connectivity index (χ3n) is 2.31. The van der Waals surface area contributed by atoms with E-state index in [9.17, 15) is 18.4 Å². The molecule has 2 rings (SSSR count). The van der Waals surface area contributed by atoms with Gasteiger partial charge in [-0.2, -0.15) is 0 Å². The Hall–Kier alpha value is -2.35. The first-order chi connectivity index (χ1) is 10.1. The SMILES string of the molecule is O=C(CSc1cc(F)ccc1F)NNC(=O)c1ccco1. The number of furan rings is 1. The van der Waals surface area contributed by atoms with Crippen LogP contribution in [0.1, 0.15) is 10.6 Å². The molecule has 1 aromatic heterocycles. The Balaban J connectivity index is 1.80. The van der Waals surface area contributed by atoms with Crippen LogP contribution in [0.4, 0.5) is 8.78 Å². The molecule has 0 saturated carbocycles. The van der Waals surface area contributed by atoms with E-state index in [0.717, 1.165) is 30.0 Å². The van der Waals surface area contributed by atoms with Crippen LogP contribution in [0, 0.1) is 11.6 Å². The first-order valence-electron chi connectivity index (χ1n) is 5.77. The second-order valence-corrected chi connectivity index (χ2v) is 4.86. The van der Waals surface area contributed by atoms with Crippen LogP contribution in [0.15, 0.2) is 45.9 Å². The number of amides is 2. The van der Waals surface area contributed by atoms with Crippen molar-refractivity contribution in [2.24, 2.45) is 0 Å². The Labute approximate surface area is 122 Å². The minimum Gasteiger partial charge on any atom is -0.459 e. The molecule has 110 valence electrons. The number of nitrogens with one attached hydrogen (secondary N) is 2. The quantitative estimate of drug-likeness (QED) is 0.670. The number of carbonyl (C=O) groups is 2. The van der Waals surface area contributed by atoms with Crippen molar-refractivity contribution >= 4 is 23.6 Å². The molecule has 0 aliphatic rings. The van der Waals surface area contributed by atoms with Crippen molar-refractivity contribution in [3.8, 4) is 0 Å². The maximum Gasteiger partial charge on any atom is 0.305 e. The summed E-state index contributed by atoms with van der Waals surface area (Å²) < 4.78 is 31.1. The standard InChI is InChI=1S/C13H10F2N2O3S/c14-8-3-4-9(15)11(6-8)21-7-12(18)16-17-13(19)10-2-1-5-20-10/h1-6H,7H2,(H,16,18)(H,17,19). The van der Waals surface area contributed by atoms with Gasteiger partial charge in [-0.1, -0.05) is 0 Å². The molecular formula is C13H10F2N2O3S. The lowest BCUT2D eigenvalue weighted by atomic mass is 10.3. The molecular weight excluding hydrogens is 302 g/mol. The highest BCUT2D eigenvalue weighted by Gasteiger charge is 2.11. The van der Waals surface area contributed by atoms with E-state index in [1.165, 1.54) is 18.4 Å². The number of hydrazine groups is 1. The summed E-state index contributed by atoms with van der Waals surface area (Å²) in [6.07, 6.45) is 1.32. The number of rotatable bonds is 4. The smallest absolute Gasteiger partial charge is 0.305 e. The van der Waals surface area contributed by atoms with Crippen molar-refractivity contribution in [3.05, 3.63) is 54.0 Å². The Morgan fingerprint density at radius 2 is 2.00 bits per heavy atom. The molecule has 2 aromatic rings. The minimum atomic E-state index is -0.617. The molecule has 5 nitrogen and oxygen atoms in total. The van der Waals surface area contributed by atoms with E-state index < -0.39 is 23.4 Å². The number of benzene rings is 1. The summed E-state index contributed by atoms with van der Waals surface area (Å²) >= 11 is 0.817. The molecule has 0 atom stereocenters. The van der Waals surface area contributed by atoms with Crippen LogP contribution in [0.25, 0.3) is 0 Å². The maximum atomic E-state index is 13.3. The summed E-state index contributed by atoms with van der Waals surface area (Å²) in [5, 5.41) is 0. The van der Waals surface area contributed by atoms with Crippen LogP contribution < -0.4 is 10.9 Å². The third-order valence-corrected chi connectivity index (χ3v) is 3.34. The topological polar surface area (TPSA) is 71.3 Å². The van der Waals surface area contributed by atoms with E-state index in [2.05, 4.69) is 10.9 Å². The molecule has 21 heavy (non-hydrogen) atoms. The fraction of sp³-hybridized carbons (Fsp3) is 0.0769. The van der Waals surface area contributed by atoms with Crippen molar-refractivity contribution in [1.82, 2.24) is 10.9 Å². The van der Waals surface area contributed by atoms with Gasteiger partial charge in [0.15, 0.2) is 5.76 Å². The zero-order valence-corrected chi connectivity index (χ0v) is 11.4. The largest absolute Gasteiger partial charge is 0.459 e. The lowest BCUT2D eigenvalue weighted by Gasteiger charge is -2.06. The van der Waals surface area contributed by atoms with Gasteiger partial charge in [-0.05, 0) is 30.3 Å². The summed E-state index contributed by atoms with van der Waals surface area (Å²) in [4.78, 5) is 23.0. The van der Waals surface area contributed by atoms with Crippen molar-refractivity contribution in [2.75, 3.05) is 5.75 Å². The highest BCUT2D eigenvalue weighted by atomic mass is 32.2. The minimum absolute atomic E-state index is 0.0162. The summed E-state index contributed by atoms with van der Waals surface area (Å²) in [6.45, 7) is 0. The van der Waals surface area contributed by atoms with Crippen molar-refractivity contribution in [2.45, 2.75) is 4.90 Å². The fourth-order valence-electron chi connectivity index (χ4n) is 1.36. The van der Waals surface area contributed by atoms with Crippen LogP contribution in [0.2, 0.25) is 0 Å². The van der Waals surface area contributed by atoms with Gasteiger partial charge < -0.3 is 4.42 Å². The molecule has 8 heteroatoms. The highest BCUT2D eigenvalue weighted by molar-refractivity contribution is 8.00. The van der Waals surface area contributed by atoms with Crippen molar-refractivity contribution in [3.63, 3.8) is 0 Å². The molecule has 2 amide bonds. The zero-order valence-electron chi connectivity index (χ0n) is 10.6. The summed E-state index contributed by atoms with van der Waals surface area (Å²) in [5.41, 5.74) is 4.27. The predicted octanol–water partition coefficient (Wildman–Crippen LogP) is 2.11. The molecule has 0 spiro atoms. The second-order valence-electron chi connectivity index (χ2n) is 3.84. The Kier molecular flexibility index (Phi) is 4.94. The summed E-state index contributed by atoms with van der Waals surface area (Å²) in [6, 6.07) is 5.92. The Bertz CT molecular complexity index is 647. The first-order valence-corrected chi connectivity index (χ1v) is 6.75. The van der Waals surface area contributed by atoms with E-state index in [1.54, 1.807) is 0 Å². The molecule has 0 bridgehead atoms. The van der Waals surface area contributed by atoms with Gasteiger partial charge in [-0.3, -0.25) is 20.4 Å². The number of halogens is 2. The van der Waals surface area contributed by atoms with Crippen molar-refractivity contribution < 1.29 is 22.8 Å². The van der Waals surface area contributed by atoms with E-state index >= 15 is 0 Å². The normalized spacial score (nSPS) is 10.2. The zero-order chi connectivity index (χ0) is 15.2. The molecule has 0 aliphatic heterocycles. The molecule has 0 aliphatic carbocycles. The van der Waals surface area contributed by atoms with Crippen LogP contribution in [-0.2, 0) is 4.79 Å². The van der Waals surface area contributed by atoms with E-state index in [4.69, 9.17) is 4.42 Å². The van der Waals surface area contributed by atoms with E-state index in [0.29, 0.717) is 0 Å². The summed E-state index contributed by atoms with van der Waals surface area (Å²) in [7, 11) is 0. The fourth-order valence-corrected chi connectivity index (χ4v) is 2.12. The second kappa shape index (κ2) is 6.89. The molecule has 1 heterocycles. The Morgan fingerprint density at radius 3 is 2.71 bits per heavy atom. The maximum absolute atomic E-state index is 13.3. The van der Waals surface area contributed by atoms with Gasteiger partial charge in [0.2, 0.25) is 5.91 Å². The van der Waals surface area contributed by atoms with Crippen molar-refractivity contribution in [1.29, 1.82) is 0 Å². The number of carbonyl (C=O) groups excluding carboxylic acids is 2. The van der Waals surface area contributed by atoms with E-state index in [-0.39, 0.29) is 16.4 Å². The highest BCUT2D eigenvalue weighted by Crippen LogP contribution is 2.22. The average molecular weight is 312 g/mol. The van der Waals surface area contributed by atoms with Gasteiger partial charge in [0.25, 0.3) is 0 Å². The lowest BCUT2D eigenvalue weighted by Crippen LogP contribution is -2.42. The Morgan fingerprint density at radius 1 is 1.19 bits per heavy atom. The van der Waals surface area contributed by atoms with Gasteiger partial charge in [-0.15, -0.1) is 11.8 Å². The van der Waals surface area contributed by atoms with Crippen LogP contribution in [-0.4, -0.2) is 17.6 Å². The summed E-state index contributed by atoms with van der Waals surface area (Å²) in [5.74, 6) is -2.53. The molecule has 0 radical (unpaired) electrons. The average Bonchev–Trinajstić information content (AvgIpc) is 3.00. The molecule has 2 N–H and O–H groups in total. The third kappa shape index (κ3) is 4.32. The van der Waals surface area contributed by atoms with Gasteiger partial charge in [0.1, 0.15) is 11.6 Å². The molecule has 0 fully saturated rings. The first kappa shape index (κ1) is 15.0. The predicted molar refractivity (Wildman–Crippen MR) is 71.4 cm³/mol. The molecule has 1 aromatic carbocycles. The van der Waals surface area contributed by atoms with Crippen LogP contribution >= 0.6 is 11.8 Å². The number of hydrogen-bond donors (Lipinski definition) is 2. The molecule has 0 unspecified atom stereocenters. The monoisotopic (exact) mass is 312 g/mol. The van der Waals surface area contributed by atoms with E-state index in [1.807, 2.05) is 0 Å². The lowest BCUT2D eigenvalue weighted by molar-refractivity contribution is -0.119. The number of hydrogen-bond acceptors (Lipinski definition) is 4. The van der Waals surface area contributed by atoms with Gasteiger partial charge in [0, 0.05) is 4.90 Å². The van der Waals surface area contributed by atoms with Gasteiger partial charge in [-0.25, -0.2) is 8.78 Å². The van der Waals surface area contributed by atoms with Gasteiger partial charge >= 0.3 is 5.91 Å². The van der Waals surface area contributed by atoms with Gasteiger partial charge in [0.05, 0.1) is 12.0 Å². The molecule has 0 saturated heterocycles. The number of thioether (sulfide) groups is 1. The van der Waals surface area contributed by atoms with Crippen LogP contribution in [0.3, 0.4) is 0 Å².